The highest BCUT2D eigenvalue weighted by Crippen LogP contribution is 2.19. The number of carbonyl (C=O) groups is 4. The Morgan fingerprint density at radius 3 is 2.06 bits per heavy atom. The third-order valence-corrected chi connectivity index (χ3v) is 5.58. The Morgan fingerprint density at radius 2 is 1.44 bits per heavy atom. The highest BCUT2D eigenvalue weighted by Gasteiger charge is 2.22. The van der Waals surface area contributed by atoms with E-state index in [0.29, 0.717) is 22.6 Å². The minimum Gasteiger partial charge on any atom is -0.550 e. The van der Waals surface area contributed by atoms with Crippen LogP contribution in [-0.2, 0) is 14.4 Å². The number of amides is 4. The molecular formula is C27H27N4O5-. The summed E-state index contributed by atoms with van der Waals surface area (Å²) in [6.45, 7) is 0.904. The third kappa shape index (κ3) is 6.92. The van der Waals surface area contributed by atoms with Crippen LogP contribution in [0.5, 0.6) is 0 Å². The van der Waals surface area contributed by atoms with E-state index in [1.54, 1.807) is 67.7 Å². The number of carboxylic acid groups (broad SMARTS) is 1. The molecule has 4 amide bonds. The Kier molecular flexibility index (Phi) is 8.77. The predicted octanol–water partition coefficient (Wildman–Crippen LogP) is 2.36. The molecule has 0 radical (unpaired) electrons. The standard InChI is InChI=1S/C27H28N4O5/c1-19(26(34)35)20-10-9-11-21(16-20)29-27(36)28-17-24(32)31(23-14-7-4-8-15-23)18-25(33)30(2)22-12-5-3-6-13-22/h3-16,19H,17-18H2,1-2H3,(H,34,35)(H2,28,29,36)/p-1. The van der Waals surface area contributed by atoms with Crippen molar-refractivity contribution in [1.82, 2.24) is 5.32 Å². The number of carboxylic acids is 1. The second-order valence-corrected chi connectivity index (χ2v) is 8.08. The molecule has 0 saturated heterocycles. The molecule has 0 aliphatic heterocycles. The normalized spacial score (nSPS) is 11.2. The summed E-state index contributed by atoms with van der Waals surface area (Å²) < 4.78 is 0. The fourth-order valence-corrected chi connectivity index (χ4v) is 3.42. The van der Waals surface area contributed by atoms with E-state index < -0.39 is 23.8 Å². The van der Waals surface area contributed by atoms with Crippen LogP contribution in [0.25, 0.3) is 0 Å². The number of nitrogens with zero attached hydrogens (tertiary/aromatic N) is 2. The summed E-state index contributed by atoms with van der Waals surface area (Å²) in [5.41, 5.74) is 2.05. The van der Waals surface area contributed by atoms with Gasteiger partial charge in [0.05, 0.1) is 6.54 Å². The minimum atomic E-state index is -1.23. The fourth-order valence-electron chi connectivity index (χ4n) is 3.42. The number of rotatable bonds is 9. The summed E-state index contributed by atoms with van der Waals surface area (Å²) in [6.07, 6.45) is 0. The molecule has 0 spiro atoms. The number of anilines is 3. The Balaban J connectivity index is 1.65. The van der Waals surface area contributed by atoms with Crippen molar-refractivity contribution < 1.29 is 24.3 Å². The number of likely N-dealkylation sites (N-methyl/N-ethyl adjacent to an activating group) is 1. The van der Waals surface area contributed by atoms with E-state index in [2.05, 4.69) is 10.6 Å². The quantitative estimate of drug-likeness (QED) is 0.480. The molecule has 2 N–H and O–H groups in total. The molecule has 0 aromatic heterocycles. The maximum absolute atomic E-state index is 13.1. The number of aliphatic carboxylic acids is 1. The van der Waals surface area contributed by atoms with Gasteiger partial charge < -0.3 is 30.3 Å². The topological polar surface area (TPSA) is 122 Å². The van der Waals surface area contributed by atoms with Crippen molar-refractivity contribution in [3.05, 3.63) is 90.5 Å². The van der Waals surface area contributed by atoms with Gasteiger partial charge in [-0.2, -0.15) is 0 Å². The van der Waals surface area contributed by atoms with Gasteiger partial charge in [-0.25, -0.2) is 4.79 Å². The predicted molar refractivity (Wildman–Crippen MR) is 136 cm³/mol. The van der Waals surface area contributed by atoms with Gasteiger partial charge >= 0.3 is 6.03 Å². The number of benzene rings is 3. The summed E-state index contributed by atoms with van der Waals surface area (Å²) >= 11 is 0. The van der Waals surface area contributed by atoms with E-state index in [0.717, 1.165) is 0 Å². The molecule has 0 aliphatic rings. The second-order valence-electron chi connectivity index (χ2n) is 8.08. The van der Waals surface area contributed by atoms with Gasteiger partial charge in [-0.3, -0.25) is 9.59 Å². The zero-order chi connectivity index (χ0) is 26.1. The number of hydrogen-bond donors (Lipinski definition) is 2. The van der Waals surface area contributed by atoms with Gasteiger partial charge in [-0.15, -0.1) is 0 Å². The van der Waals surface area contributed by atoms with E-state index in [1.807, 2.05) is 18.2 Å². The van der Waals surface area contributed by atoms with E-state index >= 15 is 0 Å². The van der Waals surface area contributed by atoms with Gasteiger partial charge in [0.25, 0.3) is 0 Å². The van der Waals surface area contributed by atoms with Crippen LogP contribution in [0.4, 0.5) is 21.9 Å². The first-order valence-corrected chi connectivity index (χ1v) is 11.3. The molecule has 0 saturated carbocycles. The lowest BCUT2D eigenvalue weighted by Gasteiger charge is -2.25. The Bertz CT molecular complexity index is 1220. The van der Waals surface area contributed by atoms with Crippen molar-refractivity contribution in [2.45, 2.75) is 12.8 Å². The van der Waals surface area contributed by atoms with E-state index in [9.17, 15) is 24.3 Å². The molecule has 3 aromatic rings. The van der Waals surface area contributed by atoms with E-state index in [-0.39, 0.29) is 19.0 Å². The molecule has 9 heteroatoms. The first-order valence-electron chi connectivity index (χ1n) is 11.3. The highest BCUT2D eigenvalue weighted by atomic mass is 16.4. The Hall–Kier alpha value is -4.66. The van der Waals surface area contributed by atoms with Crippen molar-refractivity contribution >= 4 is 40.9 Å². The molecule has 186 valence electrons. The molecule has 0 bridgehead atoms. The summed E-state index contributed by atoms with van der Waals surface area (Å²) in [4.78, 5) is 52.3. The maximum atomic E-state index is 13.1. The number of hydrogen-bond acceptors (Lipinski definition) is 5. The number of nitrogens with one attached hydrogen (secondary N) is 2. The lowest BCUT2D eigenvalue weighted by Crippen LogP contribution is -2.46. The largest absolute Gasteiger partial charge is 0.550 e. The molecule has 0 heterocycles. The van der Waals surface area contributed by atoms with Crippen LogP contribution in [-0.4, -0.2) is 44.0 Å². The monoisotopic (exact) mass is 487 g/mol. The van der Waals surface area contributed by atoms with Crippen LogP contribution in [0.1, 0.15) is 18.4 Å². The van der Waals surface area contributed by atoms with Crippen LogP contribution in [0, 0.1) is 0 Å². The van der Waals surface area contributed by atoms with E-state index in [4.69, 9.17) is 0 Å². The summed E-state index contributed by atoms with van der Waals surface area (Å²) in [6, 6.07) is 23.5. The zero-order valence-electron chi connectivity index (χ0n) is 20.0. The molecule has 1 unspecified atom stereocenters. The lowest BCUT2D eigenvalue weighted by atomic mass is 10.0. The molecule has 0 aliphatic carbocycles. The smallest absolute Gasteiger partial charge is 0.319 e. The third-order valence-electron chi connectivity index (χ3n) is 5.58. The van der Waals surface area contributed by atoms with Crippen molar-refractivity contribution in [3.8, 4) is 0 Å². The van der Waals surface area contributed by atoms with Crippen molar-refractivity contribution in [1.29, 1.82) is 0 Å². The molecule has 36 heavy (non-hydrogen) atoms. The van der Waals surface area contributed by atoms with Gasteiger partial charge in [0, 0.05) is 36.0 Å². The van der Waals surface area contributed by atoms with Crippen LogP contribution in [0.15, 0.2) is 84.9 Å². The lowest BCUT2D eigenvalue weighted by molar-refractivity contribution is -0.307. The average molecular weight is 488 g/mol. The molecule has 9 nitrogen and oxygen atoms in total. The van der Waals surface area contributed by atoms with Crippen LogP contribution < -0.4 is 25.5 Å². The fraction of sp³-hybridized carbons (Fsp3) is 0.185. The van der Waals surface area contributed by atoms with Gasteiger partial charge in [0.15, 0.2) is 0 Å². The average Bonchev–Trinajstić information content (AvgIpc) is 2.90. The molecule has 3 rings (SSSR count). The van der Waals surface area contributed by atoms with Crippen molar-refractivity contribution in [2.24, 2.45) is 0 Å². The number of para-hydroxylation sites is 2. The molecule has 3 aromatic carbocycles. The summed E-state index contributed by atoms with van der Waals surface area (Å²) in [5.74, 6) is -2.86. The highest BCUT2D eigenvalue weighted by molar-refractivity contribution is 6.05. The minimum absolute atomic E-state index is 0.222. The zero-order valence-corrected chi connectivity index (χ0v) is 20.0. The SMILES string of the molecule is CC(C(=O)[O-])c1cccc(NC(=O)NCC(=O)N(CC(=O)N(C)c2ccccc2)c2ccccc2)c1. The number of urea groups is 1. The second kappa shape index (κ2) is 12.2. The summed E-state index contributed by atoms with van der Waals surface area (Å²) in [7, 11) is 1.63. The van der Waals surface area contributed by atoms with Crippen molar-refractivity contribution in [3.63, 3.8) is 0 Å². The van der Waals surface area contributed by atoms with Gasteiger partial charge in [0.1, 0.15) is 6.54 Å². The van der Waals surface area contributed by atoms with Crippen LogP contribution in [0.2, 0.25) is 0 Å². The molecule has 0 fully saturated rings. The maximum Gasteiger partial charge on any atom is 0.319 e. The Morgan fingerprint density at radius 1 is 0.833 bits per heavy atom. The van der Waals surface area contributed by atoms with Gasteiger partial charge in [-0.05, 0) is 42.0 Å². The van der Waals surface area contributed by atoms with Crippen molar-refractivity contribution in [2.75, 3.05) is 35.3 Å². The Labute approximate surface area is 209 Å². The van der Waals surface area contributed by atoms with Crippen LogP contribution in [0.3, 0.4) is 0 Å². The first kappa shape index (κ1) is 26.0. The molecular weight excluding hydrogens is 460 g/mol. The molecule has 1 atom stereocenters. The van der Waals surface area contributed by atoms with Gasteiger partial charge in [0.2, 0.25) is 11.8 Å². The first-order chi connectivity index (χ1) is 17.3. The van der Waals surface area contributed by atoms with Crippen LogP contribution >= 0.6 is 0 Å². The number of carbonyl (C=O) groups excluding carboxylic acids is 4. The van der Waals surface area contributed by atoms with Gasteiger partial charge in [-0.1, -0.05) is 55.5 Å². The van der Waals surface area contributed by atoms with E-state index in [1.165, 1.54) is 22.8 Å². The summed E-state index contributed by atoms with van der Waals surface area (Å²) in [5, 5.41) is 16.2.